The molecule has 0 aliphatic heterocycles. The third kappa shape index (κ3) is 3.45. The Morgan fingerprint density at radius 2 is 1.12 bits per heavy atom. The maximum Gasteiger partial charge on any atom is 0.422 e. The second-order valence-corrected chi connectivity index (χ2v) is 5.87. The van der Waals surface area contributed by atoms with E-state index in [0.717, 1.165) is 11.1 Å². The fourth-order valence-corrected chi connectivity index (χ4v) is 2.67. The Bertz CT molecular complexity index is 932. The van der Waals surface area contributed by atoms with Gasteiger partial charge < -0.3 is 0 Å². The van der Waals surface area contributed by atoms with Crippen LogP contribution in [0.3, 0.4) is 0 Å². The monoisotopic (exact) mass is 366 g/mol. The van der Waals surface area contributed by atoms with Crippen LogP contribution in [0.4, 0.5) is 26.3 Å². The molecule has 0 fully saturated rings. The average molecular weight is 366 g/mol. The first-order valence-corrected chi connectivity index (χ1v) is 7.60. The summed E-state index contributed by atoms with van der Waals surface area (Å²) in [6, 6.07) is 12.2. The molecule has 0 amide bonds. The van der Waals surface area contributed by atoms with Crippen LogP contribution in [0.25, 0.3) is 22.3 Å². The molecule has 0 saturated carbocycles. The molecule has 3 rings (SSSR count). The molecule has 0 aromatic heterocycles. The molecule has 0 heterocycles. The highest BCUT2D eigenvalue weighted by Gasteiger charge is 2.38. The minimum Gasteiger partial charge on any atom is -0.206 e. The van der Waals surface area contributed by atoms with Crippen LogP contribution in [0.1, 0.15) is 11.1 Å². The second-order valence-electron chi connectivity index (χ2n) is 5.87. The molecule has 0 nitrogen and oxygen atoms in total. The number of hydrogen-bond donors (Lipinski definition) is 0. The van der Waals surface area contributed by atoms with E-state index in [1.54, 1.807) is 12.1 Å². The van der Waals surface area contributed by atoms with Crippen LogP contribution in [-0.4, -0.2) is 0 Å². The SMILES string of the molecule is Cc1ccc(-c2ccc(-c3cc(F)c(C(F)(F)F)c(F)c3)c(F)c2)cc1. The highest BCUT2D eigenvalue weighted by molar-refractivity contribution is 5.71. The number of hydrogen-bond acceptors (Lipinski definition) is 0. The third-order valence-electron chi connectivity index (χ3n) is 3.99. The summed E-state index contributed by atoms with van der Waals surface area (Å²) in [5.41, 5.74) is -0.169. The van der Waals surface area contributed by atoms with Gasteiger partial charge in [-0.1, -0.05) is 42.0 Å². The Balaban J connectivity index is 2.04. The van der Waals surface area contributed by atoms with Gasteiger partial charge in [-0.15, -0.1) is 0 Å². The number of aryl methyl sites for hydroxylation is 1. The standard InChI is InChI=1S/C20H12F6/c1-11-2-4-12(5-3-11)13-6-7-15(16(21)8-13)14-9-17(22)19(18(23)10-14)20(24,25)26/h2-10H,1H3. The van der Waals surface area contributed by atoms with Crippen molar-refractivity contribution in [1.82, 2.24) is 0 Å². The molecule has 0 N–H and O–H groups in total. The van der Waals surface area contributed by atoms with E-state index < -0.39 is 29.2 Å². The van der Waals surface area contributed by atoms with Crippen molar-refractivity contribution in [3.63, 3.8) is 0 Å². The van der Waals surface area contributed by atoms with Gasteiger partial charge in [0.25, 0.3) is 0 Å². The topological polar surface area (TPSA) is 0 Å². The number of alkyl halides is 3. The van der Waals surface area contributed by atoms with Crippen molar-refractivity contribution in [2.24, 2.45) is 0 Å². The Morgan fingerprint density at radius 3 is 1.62 bits per heavy atom. The summed E-state index contributed by atoms with van der Waals surface area (Å²) in [6.07, 6.45) is -5.17. The fraction of sp³-hybridized carbons (Fsp3) is 0.100. The van der Waals surface area contributed by atoms with Crippen molar-refractivity contribution >= 4 is 0 Å². The first-order chi connectivity index (χ1) is 12.2. The first-order valence-electron chi connectivity index (χ1n) is 7.60. The summed E-state index contributed by atoms with van der Waals surface area (Å²) in [5, 5.41) is 0. The van der Waals surface area contributed by atoms with Crippen LogP contribution in [0.2, 0.25) is 0 Å². The zero-order chi connectivity index (χ0) is 19.1. The number of rotatable bonds is 2. The van der Waals surface area contributed by atoms with Crippen molar-refractivity contribution in [3.8, 4) is 22.3 Å². The van der Waals surface area contributed by atoms with Crippen molar-refractivity contribution < 1.29 is 26.3 Å². The molecule has 0 aliphatic carbocycles. The third-order valence-corrected chi connectivity index (χ3v) is 3.99. The van der Waals surface area contributed by atoms with E-state index in [9.17, 15) is 26.3 Å². The quantitative estimate of drug-likeness (QED) is 0.439. The largest absolute Gasteiger partial charge is 0.422 e. The van der Waals surface area contributed by atoms with Gasteiger partial charge in [-0.3, -0.25) is 0 Å². The smallest absolute Gasteiger partial charge is 0.206 e. The molecule has 3 aromatic carbocycles. The predicted molar refractivity (Wildman–Crippen MR) is 86.9 cm³/mol. The molecule has 134 valence electrons. The lowest BCUT2D eigenvalue weighted by atomic mass is 9.98. The van der Waals surface area contributed by atoms with Gasteiger partial charge in [-0.05, 0) is 41.8 Å². The first kappa shape index (κ1) is 18.0. The lowest BCUT2D eigenvalue weighted by Crippen LogP contribution is -2.11. The van der Waals surface area contributed by atoms with Gasteiger partial charge in [-0.2, -0.15) is 13.2 Å². The van der Waals surface area contributed by atoms with E-state index in [1.807, 2.05) is 19.1 Å². The van der Waals surface area contributed by atoms with Gasteiger partial charge in [-0.25, -0.2) is 13.2 Å². The van der Waals surface area contributed by atoms with E-state index in [4.69, 9.17) is 0 Å². The summed E-state index contributed by atoms with van der Waals surface area (Å²) in [6.45, 7) is 1.90. The van der Waals surface area contributed by atoms with Gasteiger partial charge in [0.15, 0.2) is 0 Å². The molecule has 0 spiro atoms. The van der Waals surface area contributed by atoms with Crippen molar-refractivity contribution in [2.45, 2.75) is 13.1 Å². The summed E-state index contributed by atoms with van der Waals surface area (Å²) < 4.78 is 79.8. The Hall–Kier alpha value is -2.76. The minimum atomic E-state index is -5.17. The molecule has 0 atom stereocenters. The fourth-order valence-electron chi connectivity index (χ4n) is 2.67. The van der Waals surface area contributed by atoms with Crippen LogP contribution >= 0.6 is 0 Å². The molecule has 0 radical (unpaired) electrons. The summed E-state index contributed by atoms with van der Waals surface area (Å²) in [5.74, 6) is -4.36. The zero-order valence-electron chi connectivity index (χ0n) is 13.5. The Kier molecular flexibility index (Phi) is 4.52. The van der Waals surface area contributed by atoms with Crippen LogP contribution in [0.5, 0.6) is 0 Å². The summed E-state index contributed by atoms with van der Waals surface area (Å²) in [4.78, 5) is 0. The molecular formula is C20H12F6. The summed E-state index contributed by atoms with van der Waals surface area (Å²) >= 11 is 0. The minimum absolute atomic E-state index is 0.188. The second kappa shape index (κ2) is 6.52. The average Bonchev–Trinajstić information content (AvgIpc) is 2.53. The van der Waals surface area contributed by atoms with E-state index in [2.05, 4.69) is 0 Å². The van der Waals surface area contributed by atoms with E-state index >= 15 is 0 Å². The normalized spacial score (nSPS) is 11.7. The molecule has 0 saturated heterocycles. The van der Waals surface area contributed by atoms with E-state index in [-0.39, 0.29) is 11.1 Å². The van der Waals surface area contributed by atoms with Crippen molar-refractivity contribution in [2.75, 3.05) is 0 Å². The maximum absolute atomic E-state index is 14.4. The van der Waals surface area contributed by atoms with Crippen molar-refractivity contribution in [3.05, 3.63) is 83.2 Å². The van der Waals surface area contributed by atoms with Gasteiger partial charge >= 0.3 is 6.18 Å². The van der Waals surface area contributed by atoms with Gasteiger partial charge in [0, 0.05) is 5.56 Å². The lowest BCUT2D eigenvalue weighted by molar-refractivity contribution is -0.142. The van der Waals surface area contributed by atoms with Gasteiger partial charge in [0.1, 0.15) is 23.0 Å². The highest BCUT2D eigenvalue weighted by atomic mass is 19.4. The predicted octanol–water partition coefficient (Wildman–Crippen LogP) is 6.77. The molecule has 6 heteroatoms. The van der Waals surface area contributed by atoms with Gasteiger partial charge in [0.05, 0.1) is 0 Å². The number of benzene rings is 3. The van der Waals surface area contributed by atoms with Crippen LogP contribution < -0.4 is 0 Å². The Morgan fingerprint density at radius 1 is 0.615 bits per heavy atom. The highest BCUT2D eigenvalue weighted by Crippen LogP contribution is 2.37. The lowest BCUT2D eigenvalue weighted by Gasteiger charge is -2.12. The maximum atomic E-state index is 14.4. The molecule has 0 unspecified atom stereocenters. The number of halogens is 6. The van der Waals surface area contributed by atoms with Crippen LogP contribution in [0, 0.1) is 24.4 Å². The molecule has 26 heavy (non-hydrogen) atoms. The van der Waals surface area contributed by atoms with Crippen LogP contribution in [-0.2, 0) is 6.18 Å². The summed E-state index contributed by atoms with van der Waals surface area (Å²) in [7, 11) is 0. The Labute approximate surface area is 145 Å². The van der Waals surface area contributed by atoms with E-state index in [0.29, 0.717) is 17.7 Å². The van der Waals surface area contributed by atoms with E-state index in [1.165, 1.54) is 18.2 Å². The van der Waals surface area contributed by atoms with Gasteiger partial charge in [0.2, 0.25) is 0 Å². The van der Waals surface area contributed by atoms with Crippen LogP contribution in [0.15, 0.2) is 54.6 Å². The molecule has 0 aliphatic rings. The zero-order valence-corrected chi connectivity index (χ0v) is 13.5. The molecule has 0 bridgehead atoms. The van der Waals surface area contributed by atoms with Crippen molar-refractivity contribution in [1.29, 1.82) is 0 Å². The molecular weight excluding hydrogens is 354 g/mol. The molecule has 3 aromatic rings.